The van der Waals surface area contributed by atoms with Gasteiger partial charge in [0.15, 0.2) is 8.32 Å². The summed E-state index contributed by atoms with van der Waals surface area (Å²) in [7, 11) is -0.102. The molecule has 3 nitrogen and oxygen atoms in total. The van der Waals surface area contributed by atoms with E-state index in [2.05, 4.69) is 19.6 Å². The van der Waals surface area contributed by atoms with E-state index in [0.29, 0.717) is 5.92 Å². The van der Waals surface area contributed by atoms with Crippen LogP contribution >= 0.6 is 0 Å². The van der Waals surface area contributed by atoms with Crippen LogP contribution in [0, 0.1) is 11.8 Å². The normalized spacial score (nSPS) is 37.8. The van der Waals surface area contributed by atoms with Crippen LogP contribution in [0.15, 0.2) is 0 Å². The van der Waals surface area contributed by atoms with Gasteiger partial charge in [-0.25, -0.2) is 0 Å². The standard InChI is InChI=1S/C12H22O3Si/c1-14-11(13)10-9-7-5-6-8-12(9,10)15-16(2,3)4/h9-10H,5-8H2,1-4H3/t9-,10+,12+/m0/s1. The van der Waals surface area contributed by atoms with Crippen LogP contribution in [0.25, 0.3) is 0 Å². The summed E-state index contributed by atoms with van der Waals surface area (Å²) in [4.78, 5) is 11.7. The highest BCUT2D eigenvalue weighted by Crippen LogP contribution is 2.62. The first kappa shape index (κ1) is 12.1. The lowest BCUT2D eigenvalue weighted by Crippen LogP contribution is -2.37. The summed E-state index contributed by atoms with van der Waals surface area (Å²) in [5.41, 5.74) is -0.143. The lowest BCUT2D eigenvalue weighted by molar-refractivity contribution is -0.143. The molecule has 3 atom stereocenters. The lowest BCUT2D eigenvalue weighted by atomic mass is 9.98. The average Bonchev–Trinajstić information content (AvgIpc) is 2.81. The smallest absolute Gasteiger partial charge is 0.311 e. The summed E-state index contributed by atoms with van der Waals surface area (Å²) in [6, 6.07) is 0. The van der Waals surface area contributed by atoms with Crippen LogP contribution in [0.4, 0.5) is 0 Å². The molecule has 0 unspecified atom stereocenters. The minimum Gasteiger partial charge on any atom is -0.469 e. The zero-order valence-electron chi connectivity index (χ0n) is 10.7. The Hall–Kier alpha value is -0.353. The van der Waals surface area contributed by atoms with Crippen LogP contribution in [0.2, 0.25) is 19.6 Å². The Morgan fingerprint density at radius 3 is 2.56 bits per heavy atom. The molecule has 0 aliphatic heterocycles. The number of carbonyl (C=O) groups excluding carboxylic acids is 1. The number of hydrogen-bond acceptors (Lipinski definition) is 3. The molecule has 0 N–H and O–H groups in total. The van der Waals surface area contributed by atoms with Crippen molar-refractivity contribution in [3.8, 4) is 0 Å². The summed E-state index contributed by atoms with van der Waals surface area (Å²) in [6.45, 7) is 6.58. The van der Waals surface area contributed by atoms with Gasteiger partial charge >= 0.3 is 5.97 Å². The van der Waals surface area contributed by atoms with Crippen LogP contribution in [0.1, 0.15) is 25.7 Å². The number of carbonyl (C=O) groups is 1. The number of methoxy groups -OCH3 is 1. The molecule has 16 heavy (non-hydrogen) atoms. The maximum Gasteiger partial charge on any atom is 0.311 e. The molecular formula is C12H22O3Si. The van der Waals surface area contributed by atoms with Crippen molar-refractivity contribution in [3.63, 3.8) is 0 Å². The van der Waals surface area contributed by atoms with E-state index in [1.54, 1.807) is 0 Å². The van der Waals surface area contributed by atoms with E-state index < -0.39 is 8.32 Å². The summed E-state index contributed by atoms with van der Waals surface area (Å²) in [5.74, 6) is 0.386. The van der Waals surface area contributed by atoms with Crippen LogP contribution < -0.4 is 0 Å². The molecule has 0 aromatic rings. The molecule has 2 aliphatic rings. The molecule has 0 aromatic heterocycles. The van der Waals surface area contributed by atoms with Crippen molar-refractivity contribution in [1.82, 2.24) is 0 Å². The van der Waals surface area contributed by atoms with E-state index in [1.807, 2.05) is 0 Å². The van der Waals surface area contributed by atoms with Crippen molar-refractivity contribution in [1.29, 1.82) is 0 Å². The fraction of sp³-hybridized carbons (Fsp3) is 0.917. The van der Waals surface area contributed by atoms with Crippen molar-refractivity contribution in [2.75, 3.05) is 7.11 Å². The number of hydrogen-bond donors (Lipinski definition) is 0. The second-order valence-corrected chi connectivity index (χ2v) is 10.5. The fourth-order valence-corrected chi connectivity index (χ4v) is 4.78. The van der Waals surface area contributed by atoms with Crippen LogP contribution in [-0.2, 0) is 14.0 Å². The number of fused-ring (bicyclic) bond motifs is 1. The summed E-state index contributed by atoms with van der Waals surface area (Å²) >= 11 is 0. The summed E-state index contributed by atoms with van der Waals surface area (Å²) < 4.78 is 11.2. The Morgan fingerprint density at radius 1 is 1.31 bits per heavy atom. The highest BCUT2D eigenvalue weighted by atomic mass is 28.4. The van der Waals surface area contributed by atoms with Gasteiger partial charge in [0.05, 0.1) is 18.6 Å². The van der Waals surface area contributed by atoms with Gasteiger partial charge in [-0.15, -0.1) is 0 Å². The van der Waals surface area contributed by atoms with Gasteiger partial charge in [-0.05, 0) is 32.5 Å². The maximum atomic E-state index is 11.7. The van der Waals surface area contributed by atoms with Gasteiger partial charge in [-0.2, -0.15) is 0 Å². The van der Waals surface area contributed by atoms with Crippen molar-refractivity contribution < 1.29 is 14.0 Å². The molecule has 2 fully saturated rings. The zero-order chi connectivity index (χ0) is 12.0. The molecule has 4 heteroatoms. The van der Waals surface area contributed by atoms with E-state index in [4.69, 9.17) is 9.16 Å². The largest absolute Gasteiger partial charge is 0.469 e. The quantitative estimate of drug-likeness (QED) is 0.563. The van der Waals surface area contributed by atoms with Crippen LogP contribution in [0.3, 0.4) is 0 Å². The van der Waals surface area contributed by atoms with Gasteiger partial charge in [0.1, 0.15) is 0 Å². The molecule has 0 aromatic carbocycles. The number of esters is 1. The second kappa shape index (κ2) is 3.84. The van der Waals surface area contributed by atoms with Crippen LogP contribution in [-0.4, -0.2) is 27.0 Å². The predicted octanol–water partition coefficient (Wildman–Crippen LogP) is 2.57. The molecule has 2 aliphatic carbocycles. The van der Waals surface area contributed by atoms with Crippen LogP contribution in [0.5, 0.6) is 0 Å². The number of ether oxygens (including phenoxy) is 1. The van der Waals surface area contributed by atoms with Gasteiger partial charge in [0.2, 0.25) is 0 Å². The van der Waals surface area contributed by atoms with E-state index in [-0.39, 0.29) is 17.5 Å². The Balaban J connectivity index is 2.14. The van der Waals surface area contributed by atoms with Gasteiger partial charge < -0.3 is 9.16 Å². The van der Waals surface area contributed by atoms with Crippen molar-refractivity contribution in [2.24, 2.45) is 11.8 Å². The number of rotatable bonds is 3. The third-order valence-electron chi connectivity index (χ3n) is 3.73. The van der Waals surface area contributed by atoms with E-state index in [9.17, 15) is 4.79 Å². The molecule has 0 amide bonds. The van der Waals surface area contributed by atoms with E-state index in [1.165, 1.54) is 20.0 Å². The molecule has 0 spiro atoms. The summed E-state index contributed by atoms with van der Waals surface area (Å²) in [5, 5.41) is 0. The topological polar surface area (TPSA) is 35.5 Å². The molecule has 92 valence electrons. The second-order valence-electron chi connectivity index (χ2n) is 6.02. The molecule has 2 saturated carbocycles. The minimum absolute atomic E-state index is 0.0201. The molecule has 0 saturated heterocycles. The SMILES string of the molecule is COC(=O)[C@H]1[C@@H]2CCCC[C@@]21O[Si](C)(C)C. The molecular weight excluding hydrogens is 220 g/mol. The Kier molecular flexibility index (Phi) is 2.91. The third-order valence-corrected chi connectivity index (χ3v) is 4.72. The van der Waals surface area contributed by atoms with Crippen molar-refractivity contribution in [2.45, 2.75) is 50.9 Å². The van der Waals surface area contributed by atoms with E-state index in [0.717, 1.165) is 12.8 Å². The zero-order valence-corrected chi connectivity index (χ0v) is 11.7. The van der Waals surface area contributed by atoms with Gasteiger partial charge in [-0.1, -0.05) is 12.8 Å². The van der Waals surface area contributed by atoms with Crippen molar-refractivity contribution >= 4 is 14.3 Å². The van der Waals surface area contributed by atoms with Crippen molar-refractivity contribution in [3.05, 3.63) is 0 Å². The predicted molar refractivity (Wildman–Crippen MR) is 64.6 cm³/mol. The lowest BCUT2D eigenvalue weighted by Gasteiger charge is -2.30. The molecule has 2 rings (SSSR count). The third kappa shape index (κ3) is 1.93. The minimum atomic E-state index is -1.58. The monoisotopic (exact) mass is 242 g/mol. The first-order chi connectivity index (χ1) is 7.41. The highest BCUT2D eigenvalue weighted by Gasteiger charge is 2.70. The maximum absolute atomic E-state index is 11.7. The molecule has 0 radical (unpaired) electrons. The first-order valence-electron chi connectivity index (χ1n) is 6.19. The van der Waals surface area contributed by atoms with Gasteiger partial charge in [0.25, 0.3) is 0 Å². The Bertz CT molecular complexity index is 297. The van der Waals surface area contributed by atoms with Gasteiger partial charge in [-0.3, -0.25) is 4.79 Å². The molecule has 0 heterocycles. The Labute approximate surface area is 98.6 Å². The molecule has 0 bridgehead atoms. The van der Waals surface area contributed by atoms with E-state index >= 15 is 0 Å². The summed E-state index contributed by atoms with van der Waals surface area (Å²) in [6.07, 6.45) is 4.59. The average molecular weight is 242 g/mol. The first-order valence-corrected chi connectivity index (χ1v) is 9.59. The fourth-order valence-electron chi connectivity index (χ4n) is 3.26. The highest BCUT2D eigenvalue weighted by molar-refractivity contribution is 6.69. The Morgan fingerprint density at radius 2 is 2.00 bits per heavy atom. The van der Waals surface area contributed by atoms with Gasteiger partial charge in [0, 0.05) is 5.92 Å².